The average Bonchev–Trinajstić information content (AvgIpc) is 2.42. The van der Waals surface area contributed by atoms with Crippen molar-refractivity contribution in [3.63, 3.8) is 0 Å². The van der Waals surface area contributed by atoms with Crippen molar-refractivity contribution in [2.45, 2.75) is 6.54 Å². The number of hydrogen-bond acceptors (Lipinski definition) is 5. The first-order valence-electron chi connectivity index (χ1n) is 5.78. The summed E-state index contributed by atoms with van der Waals surface area (Å²) in [5.41, 5.74) is 1.58. The van der Waals surface area contributed by atoms with Gasteiger partial charge in [0.1, 0.15) is 11.8 Å². The second kappa shape index (κ2) is 8.48. The zero-order valence-corrected chi connectivity index (χ0v) is 10.5. The number of ether oxygens (including phenoxy) is 2. The molecule has 1 rings (SSSR count). The molecule has 5 nitrogen and oxygen atoms in total. The average molecular weight is 250 g/mol. The van der Waals surface area contributed by atoms with Gasteiger partial charge < -0.3 is 19.9 Å². The molecule has 18 heavy (non-hydrogen) atoms. The van der Waals surface area contributed by atoms with Gasteiger partial charge in [0.15, 0.2) is 0 Å². The van der Waals surface area contributed by atoms with Crippen molar-refractivity contribution in [1.82, 2.24) is 5.32 Å². The van der Waals surface area contributed by atoms with Gasteiger partial charge in [0.25, 0.3) is 0 Å². The highest BCUT2D eigenvalue weighted by Gasteiger charge is 2.03. The van der Waals surface area contributed by atoms with Crippen molar-refractivity contribution in [3.05, 3.63) is 29.3 Å². The highest BCUT2D eigenvalue weighted by Crippen LogP contribution is 2.18. The fourth-order valence-corrected chi connectivity index (χ4v) is 1.48. The quantitative estimate of drug-likeness (QED) is 0.663. The molecular formula is C13H18N2O3. The molecule has 1 aromatic rings. The van der Waals surface area contributed by atoms with E-state index in [1.165, 1.54) is 0 Å². The van der Waals surface area contributed by atoms with Crippen LogP contribution in [0.15, 0.2) is 18.2 Å². The zero-order valence-electron chi connectivity index (χ0n) is 10.5. The molecule has 0 aromatic heterocycles. The van der Waals surface area contributed by atoms with Crippen molar-refractivity contribution < 1.29 is 14.6 Å². The molecule has 98 valence electrons. The number of aliphatic hydroxyl groups excluding tert-OH is 1. The van der Waals surface area contributed by atoms with Gasteiger partial charge in [0.2, 0.25) is 0 Å². The summed E-state index contributed by atoms with van der Waals surface area (Å²) in [6, 6.07) is 7.56. The number of aliphatic hydroxyl groups is 1. The zero-order chi connectivity index (χ0) is 13.2. The van der Waals surface area contributed by atoms with Crippen LogP contribution >= 0.6 is 0 Å². The Bertz CT molecular complexity index is 402. The minimum Gasteiger partial charge on any atom is -0.495 e. The minimum absolute atomic E-state index is 0.0484. The van der Waals surface area contributed by atoms with Crippen molar-refractivity contribution in [1.29, 1.82) is 5.26 Å². The maximum Gasteiger partial charge on any atom is 0.136 e. The molecule has 1 aromatic carbocycles. The second-order valence-corrected chi connectivity index (χ2v) is 3.66. The van der Waals surface area contributed by atoms with E-state index in [1.54, 1.807) is 13.2 Å². The Balaban J connectivity index is 2.37. The molecule has 0 amide bonds. The van der Waals surface area contributed by atoms with Crippen LogP contribution in [0.5, 0.6) is 5.75 Å². The normalized spacial score (nSPS) is 10.1. The number of benzene rings is 1. The molecule has 0 aliphatic heterocycles. The first-order chi connectivity index (χ1) is 8.81. The molecule has 0 atom stereocenters. The van der Waals surface area contributed by atoms with Crippen molar-refractivity contribution in [3.8, 4) is 11.8 Å². The van der Waals surface area contributed by atoms with E-state index < -0.39 is 0 Å². The summed E-state index contributed by atoms with van der Waals surface area (Å²) < 4.78 is 10.3. The van der Waals surface area contributed by atoms with Gasteiger partial charge in [-0.3, -0.25) is 0 Å². The molecule has 0 aliphatic rings. The summed E-state index contributed by atoms with van der Waals surface area (Å²) in [7, 11) is 1.55. The first-order valence-corrected chi connectivity index (χ1v) is 5.78. The van der Waals surface area contributed by atoms with Crippen LogP contribution in [0.25, 0.3) is 0 Å². The summed E-state index contributed by atoms with van der Waals surface area (Å²) in [4.78, 5) is 0. The molecule has 0 unspecified atom stereocenters. The van der Waals surface area contributed by atoms with Gasteiger partial charge in [0.05, 0.1) is 32.5 Å². The maximum atomic E-state index is 8.85. The summed E-state index contributed by atoms with van der Waals surface area (Å²) in [5.74, 6) is 0.591. The van der Waals surface area contributed by atoms with E-state index in [-0.39, 0.29) is 6.61 Å². The van der Waals surface area contributed by atoms with Gasteiger partial charge in [-0.25, -0.2) is 0 Å². The molecule has 0 fully saturated rings. The third-order valence-electron chi connectivity index (χ3n) is 2.37. The third kappa shape index (κ3) is 4.72. The monoisotopic (exact) mass is 250 g/mol. The third-order valence-corrected chi connectivity index (χ3v) is 2.37. The molecule has 0 saturated heterocycles. The second-order valence-electron chi connectivity index (χ2n) is 3.66. The lowest BCUT2D eigenvalue weighted by Gasteiger charge is -2.08. The SMILES string of the molecule is COc1cc(CNCCOCCO)ccc1C#N. The van der Waals surface area contributed by atoms with Crippen LogP contribution in [-0.4, -0.2) is 38.6 Å². The summed E-state index contributed by atoms with van der Waals surface area (Å²) >= 11 is 0. The van der Waals surface area contributed by atoms with Crippen LogP contribution in [0.2, 0.25) is 0 Å². The Morgan fingerprint density at radius 2 is 2.22 bits per heavy atom. The summed E-state index contributed by atoms with van der Waals surface area (Å²) in [6.07, 6.45) is 0. The van der Waals surface area contributed by atoms with Crippen LogP contribution in [0.3, 0.4) is 0 Å². The maximum absolute atomic E-state index is 8.85. The van der Waals surface area contributed by atoms with E-state index in [0.717, 1.165) is 5.56 Å². The molecule has 0 spiro atoms. The lowest BCUT2D eigenvalue weighted by molar-refractivity contribution is 0.0938. The lowest BCUT2D eigenvalue weighted by atomic mass is 10.1. The van der Waals surface area contributed by atoms with E-state index in [4.69, 9.17) is 19.8 Å². The molecule has 5 heteroatoms. The van der Waals surface area contributed by atoms with Crippen LogP contribution in [0.1, 0.15) is 11.1 Å². The van der Waals surface area contributed by atoms with Gasteiger partial charge in [0, 0.05) is 13.1 Å². The van der Waals surface area contributed by atoms with E-state index in [2.05, 4.69) is 11.4 Å². The summed E-state index contributed by atoms with van der Waals surface area (Å²) in [5, 5.41) is 20.6. The van der Waals surface area contributed by atoms with Crippen LogP contribution in [0.4, 0.5) is 0 Å². The standard InChI is InChI=1S/C13H18N2O3/c1-17-13-8-11(2-3-12(13)9-14)10-15-4-6-18-7-5-16/h2-3,8,15-16H,4-7,10H2,1H3. The Kier molecular flexibility index (Phi) is 6.81. The Hall–Kier alpha value is -1.61. The Morgan fingerprint density at radius 1 is 1.39 bits per heavy atom. The first kappa shape index (κ1) is 14.5. The van der Waals surface area contributed by atoms with Gasteiger partial charge in [-0.1, -0.05) is 6.07 Å². The predicted molar refractivity (Wildman–Crippen MR) is 67.3 cm³/mol. The number of rotatable bonds is 8. The van der Waals surface area contributed by atoms with Crippen molar-refractivity contribution in [2.24, 2.45) is 0 Å². The van der Waals surface area contributed by atoms with E-state index in [0.29, 0.717) is 37.6 Å². The minimum atomic E-state index is 0.0484. The molecule has 2 N–H and O–H groups in total. The molecule has 0 bridgehead atoms. The Morgan fingerprint density at radius 3 is 2.89 bits per heavy atom. The van der Waals surface area contributed by atoms with Crippen molar-refractivity contribution >= 4 is 0 Å². The van der Waals surface area contributed by atoms with Gasteiger partial charge in [-0.05, 0) is 17.7 Å². The van der Waals surface area contributed by atoms with E-state index in [9.17, 15) is 0 Å². The van der Waals surface area contributed by atoms with E-state index in [1.807, 2.05) is 12.1 Å². The molecule has 0 heterocycles. The fraction of sp³-hybridized carbons (Fsp3) is 0.462. The fourth-order valence-electron chi connectivity index (χ4n) is 1.48. The molecular weight excluding hydrogens is 232 g/mol. The largest absolute Gasteiger partial charge is 0.495 e. The predicted octanol–water partition coefficient (Wildman–Crippen LogP) is 0.665. The van der Waals surface area contributed by atoms with Crippen LogP contribution in [-0.2, 0) is 11.3 Å². The highest BCUT2D eigenvalue weighted by atomic mass is 16.5. The number of methoxy groups -OCH3 is 1. The number of nitriles is 1. The molecule has 0 saturated carbocycles. The van der Waals surface area contributed by atoms with Gasteiger partial charge in [-0.15, -0.1) is 0 Å². The van der Waals surface area contributed by atoms with E-state index >= 15 is 0 Å². The number of hydrogen-bond donors (Lipinski definition) is 2. The number of nitrogens with one attached hydrogen (secondary N) is 1. The molecule has 0 aliphatic carbocycles. The summed E-state index contributed by atoms with van der Waals surface area (Å²) in [6.45, 7) is 2.38. The Labute approximate surface area is 107 Å². The van der Waals surface area contributed by atoms with Gasteiger partial charge in [-0.2, -0.15) is 5.26 Å². The molecule has 0 radical (unpaired) electrons. The van der Waals surface area contributed by atoms with Crippen LogP contribution in [0, 0.1) is 11.3 Å². The smallest absolute Gasteiger partial charge is 0.136 e. The highest BCUT2D eigenvalue weighted by molar-refractivity contribution is 5.45. The lowest BCUT2D eigenvalue weighted by Crippen LogP contribution is -2.20. The topological polar surface area (TPSA) is 74.5 Å². The number of nitrogens with zero attached hydrogens (tertiary/aromatic N) is 1. The van der Waals surface area contributed by atoms with Crippen LogP contribution < -0.4 is 10.1 Å². The van der Waals surface area contributed by atoms with Gasteiger partial charge >= 0.3 is 0 Å². The van der Waals surface area contributed by atoms with Crippen molar-refractivity contribution in [2.75, 3.05) is 33.5 Å².